The van der Waals surface area contributed by atoms with E-state index in [-0.39, 0.29) is 11.9 Å². The average Bonchev–Trinajstić information content (AvgIpc) is 2.88. The molecule has 0 radical (unpaired) electrons. The molecule has 0 atom stereocenters. The number of nitrogens with zero attached hydrogens (tertiary/aromatic N) is 2. The minimum atomic E-state index is -1.40. The second kappa shape index (κ2) is 9.77. The summed E-state index contributed by atoms with van der Waals surface area (Å²) in [6.45, 7) is 1.60. The molecule has 1 amide bonds. The van der Waals surface area contributed by atoms with Crippen LogP contribution in [0.25, 0.3) is 10.9 Å². The van der Waals surface area contributed by atoms with Crippen molar-refractivity contribution in [3.05, 3.63) is 48.2 Å². The van der Waals surface area contributed by atoms with Crippen LogP contribution < -0.4 is 20.7 Å². The van der Waals surface area contributed by atoms with Gasteiger partial charge in [0.05, 0.1) is 24.0 Å². The number of methoxy groups -OCH3 is 1. The van der Waals surface area contributed by atoms with Crippen molar-refractivity contribution in [2.45, 2.75) is 48.8 Å². The van der Waals surface area contributed by atoms with Crippen LogP contribution in [0.5, 0.6) is 5.88 Å². The molecule has 1 aliphatic carbocycles. The van der Waals surface area contributed by atoms with E-state index in [1.807, 2.05) is 30.0 Å². The second-order valence-corrected chi connectivity index (χ2v) is 9.93. The number of ether oxygens (including phenoxy) is 1. The largest absolute Gasteiger partial charge is 0.481 e. The molecule has 0 unspecified atom stereocenters. The first-order valence-electron chi connectivity index (χ1n) is 11.6. The third-order valence-electron chi connectivity index (χ3n) is 6.53. The van der Waals surface area contributed by atoms with Crippen molar-refractivity contribution in [2.24, 2.45) is 0 Å². The predicted octanol–water partition coefficient (Wildman–Crippen LogP) is 3.56. The van der Waals surface area contributed by atoms with E-state index in [2.05, 4.69) is 33.1 Å². The van der Waals surface area contributed by atoms with Crippen LogP contribution in [0.4, 0.5) is 11.5 Å². The number of thioether (sulfide) groups is 1. The maximum absolute atomic E-state index is 13.1. The van der Waals surface area contributed by atoms with Gasteiger partial charge in [0.15, 0.2) is 0 Å². The maximum atomic E-state index is 13.1. The van der Waals surface area contributed by atoms with Gasteiger partial charge in [0.1, 0.15) is 11.4 Å². The summed E-state index contributed by atoms with van der Waals surface area (Å²) in [6.07, 6.45) is 2.22. The van der Waals surface area contributed by atoms with Gasteiger partial charge in [-0.25, -0.2) is 9.97 Å². The summed E-state index contributed by atoms with van der Waals surface area (Å²) in [4.78, 5) is 23.4. The fourth-order valence-corrected chi connectivity index (χ4v) is 5.36. The molecule has 0 spiro atoms. The lowest BCUT2D eigenvalue weighted by Gasteiger charge is -2.35. The highest BCUT2D eigenvalue weighted by Gasteiger charge is 2.40. The minimum Gasteiger partial charge on any atom is -0.481 e. The lowest BCUT2D eigenvalue weighted by atomic mass is 9.81. The van der Waals surface area contributed by atoms with Crippen LogP contribution in [0.15, 0.2) is 47.4 Å². The van der Waals surface area contributed by atoms with Crippen molar-refractivity contribution < 1.29 is 14.6 Å². The van der Waals surface area contributed by atoms with Gasteiger partial charge in [-0.1, -0.05) is 12.1 Å². The highest BCUT2D eigenvalue weighted by Crippen LogP contribution is 2.32. The first-order valence-corrected chi connectivity index (χ1v) is 12.6. The van der Waals surface area contributed by atoms with Crippen LogP contribution >= 0.6 is 11.8 Å². The SMILES string of the molecule is COc1ccc2cccc(NC(=O)C3(O)CCC(NCc4ccc5c(n4)NCCS5)CC3)c2n1. The van der Waals surface area contributed by atoms with Gasteiger partial charge in [-0.15, -0.1) is 11.8 Å². The Labute approximate surface area is 202 Å². The van der Waals surface area contributed by atoms with Crippen LogP contribution in [0.1, 0.15) is 31.4 Å². The first kappa shape index (κ1) is 22.9. The summed E-state index contributed by atoms with van der Waals surface area (Å²) < 4.78 is 5.22. The van der Waals surface area contributed by atoms with Crippen LogP contribution in [-0.4, -0.2) is 52.0 Å². The molecule has 1 aliphatic heterocycles. The Balaban J connectivity index is 1.18. The second-order valence-electron chi connectivity index (χ2n) is 8.80. The third kappa shape index (κ3) is 4.82. The standard InChI is InChI=1S/C25H29N5O3S/c1-33-21-8-5-16-3-2-4-19(22(16)30-21)29-24(31)25(32)11-9-17(10-12-25)27-15-18-6-7-20-23(28-18)26-13-14-34-20/h2-8,17,27,32H,9-15H2,1H3,(H,26,28)(H,29,31). The van der Waals surface area contributed by atoms with Crippen molar-refractivity contribution in [3.8, 4) is 5.88 Å². The summed E-state index contributed by atoms with van der Waals surface area (Å²) in [5.41, 5.74) is 0.802. The highest BCUT2D eigenvalue weighted by atomic mass is 32.2. The summed E-state index contributed by atoms with van der Waals surface area (Å²) in [6, 6.07) is 13.7. The topological polar surface area (TPSA) is 108 Å². The molecule has 0 saturated heterocycles. The van der Waals surface area contributed by atoms with Crippen LogP contribution in [-0.2, 0) is 11.3 Å². The number of hydrogen-bond donors (Lipinski definition) is 4. The van der Waals surface area contributed by atoms with E-state index in [4.69, 9.17) is 9.72 Å². The van der Waals surface area contributed by atoms with Crippen molar-refractivity contribution in [3.63, 3.8) is 0 Å². The highest BCUT2D eigenvalue weighted by molar-refractivity contribution is 7.99. The van der Waals surface area contributed by atoms with Crippen LogP contribution in [0.2, 0.25) is 0 Å². The van der Waals surface area contributed by atoms with Gasteiger partial charge >= 0.3 is 0 Å². The molecule has 9 heteroatoms. The number of fused-ring (bicyclic) bond motifs is 2. The number of hydrogen-bond acceptors (Lipinski definition) is 8. The molecule has 0 bridgehead atoms. The molecule has 34 heavy (non-hydrogen) atoms. The number of rotatable bonds is 6. The Morgan fingerprint density at radius 1 is 1.21 bits per heavy atom. The number of para-hydroxylation sites is 1. The van der Waals surface area contributed by atoms with E-state index >= 15 is 0 Å². The van der Waals surface area contributed by atoms with Gasteiger partial charge in [0.25, 0.3) is 5.91 Å². The maximum Gasteiger partial charge on any atom is 0.256 e. The lowest BCUT2D eigenvalue weighted by Crippen LogP contribution is -2.48. The Morgan fingerprint density at radius 2 is 2.06 bits per heavy atom. The van der Waals surface area contributed by atoms with E-state index in [1.165, 1.54) is 4.90 Å². The first-order chi connectivity index (χ1) is 16.5. The molecule has 4 N–H and O–H groups in total. The molecule has 2 aromatic heterocycles. The molecule has 8 nitrogen and oxygen atoms in total. The average molecular weight is 480 g/mol. The Kier molecular flexibility index (Phi) is 6.58. The zero-order valence-electron chi connectivity index (χ0n) is 19.1. The molecule has 3 heterocycles. The number of anilines is 2. The number of carbonyl (C=O) groups excluding carboxylic acids is 1. The van der Waals surface area contributed by atoms with Crippen molar-refractivity contribution >= 4 is 40.1 Å². The van der Waals surface area contributed by atoms with Gasteiger partial charge in [0.2, 0.25) is 5.88 Å². The number of amides is 1. The number of benzene rings is 1. The fraction of sp³-hybridized carbons (Fsp3) is 0.400. The molecule has 1 saturated carbocycles. The van der Waals surface area contributed by atoms with Gasteiger partial charge in [-0.05, 0) is 49.9 Å². The Bertz CT molecular complexity index is 1200. The van der Waals surface area contributed by atoms with Gasteiger partial charge in [-0.2, -0.15) is 0 Å². The van der Waals surface area contributed by atoms with Gasteiger partial charge < -0.3 is 25.8 Å². The molecule has 1 fully saturated rings. The molecule has 178 valence electrons. The molecule has 2 aliphatic rings. The molecule has 1 aromatic carbocycles. The summed E-state index contributed by atoms with van der Waals surface area (Å²) in [5, 5.41) is 21.8. The van der Waals surface area contributed by atoms with E-state index in [0.717, 1.165) is 29.2 Å². The summed E-state index contributed by atoms with van der Waals surface area (Å²) >= 11 is 1.83. The van der Waals surface area contributed by atoms with Crippen LogP contribution in [0.3, 0.4) is 0 Å². The van der Waals surface area contributed by atoms with Gasteiger partial charge in [-0.3, -0.25) is 4.79 Å². The Hall–Kier alpha value is -2.88. The third-order valence-corrected chi connectivity index (χ3v) is 7.58. The van der Waals surface area contributed by atoms with E-state index in [0.29, 0.717) is 49.3 Å². The van der Waals surface area contributed by atoms with E-state index in [1.54, 1.807) is 19.2 Å². The lowest BCUT2D eigenvalue weighted by molar-refractivity contribution is -0.137. The number of aromatic nitrogens is 2. The smallest absolute Gasteiger partial charge is 0.256 e. The van der Waals surface area contributed by atoms with Crippen LogP contribution in [0, 0.1) is 0 Å². The Morgan fingerprint density at radius 3 is 2.88 bits per heavy atom. The monoisotopic (exact) mass is 479 g/mol. The fourth-order valence-electron chi connectivity index (χ4n) is 4.52. The summed E-state index contributed by atoms with van der Waals surface area (Å²) in [7, 11) is 1.56. The molecule has 3 aromatic rings. The zero-order chi connectivity index (χ0) is 23.5. The van der Waals surface area contributed by atoms with Gasteiger partial charge in [0, 0.05) is 41.2 Å². The molecular formula is C25H29N5O3S. The van der Waals surface area contributed by atoms with Crippen molar-refractivity contribution in [1.29, 1.82) is 0 Å². The number of aliphatic hydroxyl groups is 1. The van der Waals surface area contributed by atoms with E-state index in [9.17, 15) is 9.90 Å². The van der Waals surface area contributed by atoms with Crippen molar-refractivity contribution in [2.75, 3.05) is 30.0 Å². The zero-order valence-corrected chi connectivity index (χ0v) is 20.0. The number of carbonyl (C=O) groups is 1. The number of pyridine rings is 2. The number of nitrogens with one attached hydrogen (secondary N) is 3. The van der Waals surface area contributed by atoms with Crippen molar-refractivity contribution in [1.82, 2.24) is 15.3 Å². The summed E-state index contributed by atoms with van der Waals surface area (Å²) in [5.74, 6) is 2.12. The molecule has 5 rings (SSSR count). The quantitative estimate of drug-likeness (QED) is 0.425. The predicted molar refractivity (Wildman–Crippen MR) is 134 cm³/mol. The van der Waals surface area contributed by atoms with E-state index < -0.39 is 5.60 Å². The molecular weight excluding hydrogens is 450 g/mol. The normalized spacial score (nSPS) is 22.0. The minimum absolute atomic E-state index is 0.233.